The van der Waals surface area contributed by atoms with Crippen LogP contribution in [0.4, 0.5) is 14.6 Å². The fourth-order valence-electron chi connectivity index (χ4n) is 1.12. The zero-order valence-electron chi connectivity index (χ0n) is 7.38. The number of carbonyl (C=O) groups is 1. The summed E-state index contributed by atoms with van der Waals surface area (Å²) in [6.07, 6.45) is -2.85. The van der Waals surface area contributed by atoms with Crippen LogP contribution in [-0.2, 0) is 5.33 Å². The highest BCUT2D eigenvalue weighted by Gasteiger charge is 2.21. The number of aromatic carboxylic acids is 1. The number of nitrogens with zero attached hydrogens (tertiary/aromatic N) is 1. The lowest BCUT2D eigenvalue weighted by atomic mass is 10.1. The second-order valence-electron chi connectivity index (χ2n) is 2.70. The second-order valence-corrected chi connectivity index (χ2v) is 3.26. The Labute approximate surface area is 92.2 Å². The molecule has 4 nitrogen and oxygen atoms in total. The van der Waals surface area contributed by atoms with E-state index in [1.807, 2.05) is 0 Å². The van der Waals surface area contributed by atoms with Crippen molar-refractivity contribution < 1.29 is 18.7 Å². The van der Waals surface area contributed by atoms with Gasteiger partial charge in [0.15, 0.2) is 0 Å². The minimum Gasteiger partial charge on any atom is -0.478 e. The Bertz CT molecular complexity index is 398. The molecule has 1 aromatic rings. The third-order valence-electron chi connectivity index (χ3n) is 1.75. The normalized spacial score (nSPS) is 10.7. The molecule has 0 atom stereocenters. The van der Waals surface area contributed by atoms with Crippen LogP contribution in [0.3, 0.4) is 0 Å². The maximum atomic E-state index is 12.5. The van der Waals surface area contributed by atoms with Crippen molar-refractivity contribution in [2.24, 2.45) is 0 Å². The van der Waals surface area contributed by atoms with E-state index >= 15 is 0 Å². The second kappa shape index (κ2) is 4.52. The zero-order chi connectivity index (χ0) is 11.6. The summed E-state index contributed by atoms with van der Waals surface area (Å²) in [6, 6.07) is 1.06. The first-order valence-electron chi connectivity index (χ1n) is 3.84. The molecule has 0 aliphatic carbocycles. The number of anilines is 1. The van der Waals surface area contributed by atoms with Gasteiger partial charge in [0.25, 0.3) is 6.43 Å². The van der Waals surface area contributed by atoms with Crippen LogP contribution in [0, 0.1) is 0 Å². The van der Waals surface area contributed by atoms with Crippen LogP contribution in [0.2, 0.25) is 0 Å². The minimum atomic E-state index is -2.85. The molecular formula is C8H7BrF2N2O2. The largest absolute Gasteiger partial charge is 0.478 e. The van der Waals surface area contributed by atoms with Gasteiger partial charge in [0.05, 0.1) is 5.56 Å². The monoisotopic (exact) mass is 280 g/mol. The number of hydrogen-bond acceptors (Lipinski definition) is 3. The third kappa shape index (κ3) is 2.41. The maximum absolute atomic E-state index is 12.5. The van der Waals surface area contributed by atoms with Gasteiger partial charge in [-0.25, -0.2) is 18.6 Å². The minimum absolute atomic E-state index is 0.0123. The highest BCUT2D eigenvalue weighted by molar-refractivity contribution is 9.08. The molecule has 15 heavy (non-hydrogen) atoms. The summed E-state index contributed by atoms with van der Waals surface area (Å²) >= 11 is 2.94. The van der Waals surface area contributed by atoms with Gasteiger partial charge in [-0.3, -0.25) is 0 Å². The lowest BCUT2D eigenvalue weighted by Crippen LogP contribution is -2.09. The number of rotatable bonds is 3. The summed E-state index contributed by atoms with van der Waals surface area (Å²) in [5, 5.41) is 8.77. The molecule has 1 heterocycles. The predicted octanol–water partition coefficient (Wildman–Crippen LogP) is 2.19. The molecule has 0 bridgehead atoms. The molecule has 7 heteroatoms. The van der Waals surface area contributed by atoms with Gasteiger partial charge in [-0.2, -0.15) is 0 Å². The standard InChI is InChI=1S/C8H7BrF2N2O2/c9-2-4-3(8(14)15)1-5(12)13-6(4)7(10)11/h1,7H,2H2,(H2,12,13)(H,14,15). The van der Waals surface area contributed by atoms with Crippen LogP contribution in [-0.4, -0.2) is 16.1 Å². The Hall–Kier alpha value is -1.24. The van der Waals surface area contributed by atoms with Crippen LogP contribution in [0.15, 0.2) is 6.07 Å². The lowest BCUT2D eigenvalue weighted by Gasteiger charge is -2.09. The Balaban J connectivity index is 3.45. The molecule has 0 spiro atoms. The number of carboxylic acids is 1. The summed E-state index contributed by atoms with van der Waals surface area (Å²) in [6.45, 7) is 0. The fourth-order valence-corrected chi connectivity index (χ4v) is 1.71. The average Bonchev–Trinajstić information content (AvgIpc) is 2.16. The maximum Gasteiger partial charge on any atom is 0.336 e. The number of hydrogen-bond donors (Lipinski definition) is 2. The third-order valence-corrected chi connectivity index (χ3v) is 2.31. The molecule has 0 fully saturated rings. The van der Waals surface area contributed by atoms with E-state index in [1.165, 1.54) is 0 Å². The van der Waals surface area contributed by atoms with Crippen molar-refractivity contribution in [2.45, 2.75) is 11.8 Å². The zero-order valence-corrected chi connectivity index (χ0v) is 8.96. The molecule has 0 aliphatic rings. The van der Waals surface area contributed by atoms with Crippen molar-refractivity contribution in [3.8, 4) is 0 Å². The van der Waals surface area contributed by atoms with Crippen LogP contribution in [0.1, 0.15) is 28.0 Å². The molecule has 3 N–H and O–H groups in total. The SMILES string of the molecule is Nc1cc(C(=O)O)c(CBr)c(C(F)F)n1. The van der Waals surface area contributed by atoms with Gasteiger partial charge in [0.2, 0.25) is 0 Å². The van der Waals surface area contributed by atoms with Crippen molar-refractivity contribution in [1.29, 1.82) is 0 Å². The molecular weight excluding hydrogens is 274 g/mol. The van der Waals surface area contributed by atoms with E-state index in [2.05, 4.69) is 20.9 Å². The topological polar surface area (TPSA) is 76.2 Å². The number of pyridine rings is 1. The van der Waals surface area contributed by atoms with Gasteiger partial charge in [-0.1, -0.05) is 15.9 Å². The summed E-state index contributed by atoms with van der Waals surface area (Å²) in [5.41, 5.74) is 4.34. The number of alkyl halides is 3. The van der Waals surface area contributed by atoms with Gasteiger partial charge in [-0.05, 0) is 6.07 Å². The highest BCUT2D eigenvalue weighted by atomic mass is 79.9. The first-order valence-corrected chi connectivity index (χ1v) is 4.96. The molecule has 0 aliphatic heterocycles. The predicted molar refractivity (Wildman–Crippen MR) is 53.2 cm³/mol. The number of halogens is 3. The Morgan fingerprint density at radius 2 is 2.27 bits per heavy atom. The van der Waals surface area contributed by atoms with Crippen LogP contribution >= 0.6 is 15.9 Å². The van der Waals surface area contributed by atoms with E-state index in [9.17, 15) is 13.6 Å². The molecule has 0 unspecified atom stereocenters. The van der Waals surface area contributed by atoms with Gasteiger partial charge < -0.3 is 10.8 Å². The molecule has 0 aromatic carbocycles. The van der Waals surface area contributed by atoms with Crippen LogP contribution in [0.25, 0.3) is 0 Å². The van der Waals surface area contributed by atoms with Gasteiger partial charge in [-0.15, -0.1) is 0 Å². The first kappa shape index (κ1) is 11.8. The molecule has 1 rings (SSSR count). The quantitative estimate of drug-likeness (QED) is 0.833. The lowest BCUT2D eigenvalue weighted by molar-refractivity contribution is 0.0695. The molecule has 0 saturated carbocycles. The molecule has 82 valence electrons. The molecule has 0 amide bonds. The fraction of sp³-hybridized carbons (Fsp3) is 0.250. The van der Waals surface area contributed by atoms with Gasteiger partial charge >= 0.3 is 5.97 Å². The van der Waals surface area contributed by atoms with E-state index in [0.717, 1.165) is 6.07 Å². The van der Waals surface area contributed by atoms with Gasteiger partial charge in [0, 0.05) is 10.9 Å². The number of nitrogen functional groups attached to an aromatic ring is 1. The van der Waals surface area contributed by atoms with Crippen molar-refractivity contribution in [2.75, 3.05) is 5.73 Å². The molecule has 0 radical (unpaired) electrons. The van der Waals surface area contributed by atoms with E-state index < -0.39 is 18.1 Å². The van der Waals surface area contributed by atoms with Crippen LogP contribution in [0.5, 0.6) is 0 Å². The number of aromatic nitrogens is 1. The van der Waals surface area contributed by atoms with E-state index in [1.54, 1.807) is 0 Å². The smallest absolute Gasteiger partial charge is 0.336 e. The van der Waals surface area contributed by atoms with E-state index in [-0.39, 0.29) is 22.3 Å². The van der Waals surface area contributed by atoms with E-state index in [4.69, 9.17) is 10.8 Å². The Morgan fingerprint density at radius 1 is 1.67 bits per heavy atom. The number of nitrogens with two attached hydrogens (primary N) is 1. The van der Waals surface area contributed by atoms with Crippen molar-refractivity contribution in [1.82, 2.24) is 4.98 Å². The summed E-state index contributed by atoms with van der Waals surface area (Å²) < 4.78 is 25.0. The number of carboxylic acid groups (broad SMARTS) is 1. The summed E-state index contributed by atoms with van der Waals surface area (Å²) in [4.78, 5) is 14.2. The van der Waals surface area contributed by atoms with Crippen molar-refractivity contribution in [3.05, 3.63) is 22.9 Å². The van der Waals surface area contributed by atoms with Crippen LogP contribution < -0.4 is 5.73 Å². The average molecular weight is 281 g/mol. The Morgan fingerprint density at radius 3 is 2.67 bits per heavy atom. The molecule has 0 saturated heterocycles. The van der Waals surface area contributed by atoms with Gasteiger partial charge in [0.1, 0.15) is 11.5 Å². The van der Waals surface area contributed by atoms with E-state index in [0.29, 0.717) is 0 Å². The summed E-state index contributed by atoms with van der Waals surface area (Å²) in [5.74, 6) is -1.53. The summed E-state index contributed by atoms with van der Waals surface area (Å²) in [7, 11) is 0. The molecule has 1 aromatic heterocycles. The van der Waals surface area contributed by atoms with Crippen molar-refractivity contribution in [3.63, 3.8) is 0 Å². The first-order chi connectivity index (χ1) is 6.97. The van der Waals surface area contributed by atoms with Crippen molar-refractivity contribution >= 4 is 27.7 Å². The highest BCUT2D eigenvalue weighted by Crippen LogP contribution is 2.27. The Kier molecular flexibility index (Phi) is 3.57.